The van der Waals surface area contributed by atoms with Gasteiger partial charge in [-0.25, -0.2) is 19.2 Å². The maximum Gasteiger partial charge on any atom is 0.349 e. The highest BCUT2D eigenvalue weighted by Gasteiger charge is 2.22. The van der Waals surface area contributed by atoms with Gasteiger partial charge in [-0.05, 0) is 130 Å². The minimum absolute atomic E-state index is 0.234. The van der Waals surface area contributed by atoms with E-state index in [4.69, 9.17) is 18.9 Å². The predicted molar refractivity (Wildman–Crippen MR) is 461 cm³/mol. The lowest BCUT2D eigenvalue weighted by atomic mass is 10.0. The molecule has 114 heavy (non-hydrogen) atoms. The zero-order chi connectivity index (χ0) is 80.2. The molecule has 2 aromatic heterocycles. The fraction of sp³-hybridized carbons (Fsp3) is 0.480. The summed E-state index contributed by atoms with van der Waals surface area (Å²) in [6.07, 6.45) is 57.9. The van der Waals surface area contributed by atoms with E-state index in [1.54, 1.807) is 48.5 Å². The average Bonchev–Trinajstić information content (AvgIpc) is 1.61. The van der Waals surface area contributed by atoms with Crippen molar-refractivity contribution in [3.05, 3.63) is 188 Å². The lowest BCUT2D eigenvalue weighted by molar-refractivity contribution is -0.141. The Morgan fingerprint density at radius 3 is 0.632 bits per heavy atom. The Morgan fingerprint density at radius 1 is 0.263 bits per heavy atom. The molecule has 8 bridgehead atoms. The third-order valence-electron chi connectivity index (χ3n) is 22.6. The molecule has 0 unspecified atom stereocenters. The number of cyclic esters (lactones) is 4. The molecule has 1 aliphatic rings. The number of aryl methyl sites for hydroxylation is 2. The number of hydrogen-bond donors (Lipinski definition) is 0. The van der Waals surface area contributed by atoms with Crippen LogP contribution < -0.4 is 0 Å². The van der Waals surface area contributed by atoms with Crippen molar-refractivity contribution in [1.29, 1.82) is 21.0 Å². The largest absolute Gasteiger partial charge is 0.457 e. The van der Waals surface area contributed by atoms with Gasteiger partial charge in [0.1, 0.15) is 73.0 Å². The van der Waals surface area contributed by atoms with Gasteiger partial charge >= 0.3 is 23.9 Å². The maximum absolute atomic E-state index is 13.9. The summed E-state index contributed by atoms with van der Waals surface area (Å²) in [5.74, 6) is -3.41. The van der Waals surface area contributed by atoms with E-state index in [1.807, 2.05) is 97.1 Å². The molecule has 0 saturated heterocycles. The molecule has 14 heteroatoms. The summed E-state index contributed by atoms with van der Waals surface area (Å²) in [6.45, 7) is 5.06. The molecular weight excluding hydrogens is 1410 g/mol. The van der Waals surface area contributed by atoms with Crippen LogP contribution in [0.4, 0.5) is 0 Å². The first-order chi connectivity index (χ1) is 56.0. The van der Waals surface area contributed by atoms with Crippen molar-refractivity contribution in [3.63, 3.8) is 0 Å². The Labute approximate surface area is 678 Å². The highest BCUT2D eigenvalue weighted by atomic mass is 16.5. The molecule has 0 saturated carbocycles. The normalized spacial score (nSPS) is 13.5. The van der Waals surface area contributed by atoms with Crippen LogP contribution in [-0.4, -0.2) is 33.0 Å². The van der Waals surface area contributed by atoms with Gasteiger partial charge in [0.25, 0.3) is 0 Å². The predicted octanol–water partition coefficient (Wildman–Crippen LogP) is 26.5. The van der Waals surface area contributed by atoms with Crippen LogP contribution in [-0.2, 0) is 77.6 Å². The zero-order valence-corrected chi connectivity index (χ0v) is 68.3. The Balaban J connectivity index is 0.886. The van der Waals surface area contributed by atoms with Gasteiger partial charge in [-0.15, -0.1) is 0 Å². The number of carbonyl (C=O) groups is 4. The molecule has 0 N–H and O–H groups in total. The molecule has 8 aromatic rings. The van der Waals surface area contributed by atoms with Crippen molar-refractivity contribution < 1.29 is 38.1 Å². The van der Waals surface area contributed by atoms with Gasteiger partial charge < -0.3 is 28.1 Å². The number of rotatable bonds is 42. The molecule has 0 fully saturated rings. The van der Waals surface area contributed by atoms with E-state index in [-0.39, 0.29) is 48.7 Å². The lowest BCUT2D eigenvalue weighted by Crippen LogP contribution is -2.10. The van der Waals surface area contributed by atoms with Gasteiger partial charge in [0.05, 0.1) is 0 Å². The van der Waals surface area contributed by atoms with E-state index in [9.17, 15) is 40.2 Å². The number of aromatic nitrogens is 2. The number of hydrogen-bond acceptors (Lipinski definition) is 12. The van der Waals surface area contributed by atoms with Crippen LogP contribution in [0.1, 0.15) is 315 Å². The van der Waals surface area contributed by atoms with E-state index < -0.39 is 23.9 Å². The van der Waals surface area contributed by atoms with Crippen LogP contribution in [0.25, 0.3) is 67.9 Å². The van der Waals surface area contributed by atoms with E-state index in [0.717, 1.165) is 95.2 Å². The van der Waals surface area contributed by atoms with Crippen molar-refractivity contribution in [2.24, 2.45) is 0 Å². The van der Waals surface area contributed by atoms with Crippen LogP contribution >= 0.6 is 0 Å². The first-order valence-corrected chi connectivity index (χ1v) is 43.5. The van der Waals surface area contributed by atoms with E-state index in [1.165, 1.54) is 243 Å². The van der Waals surface area contributed by atoms with Crippen LogP contribution in [0.2, 0.25) is 0 Å². The van der Waals surface area contributed by atoms with Crippen molar-refractivity contribution in [2.75, 3.05) is 0 Å². The molecule has 14 nitrogen and oxygen atoms in total. The summed E-state index contributed by atoms with van der Waals surface area (Å²) in [4.78, 5) is 55.7. The number of esters is 4. The second-order valence-corrected chi connectivity index (χ2v) is 31.4. The molecule has 0 aliphatic carbocycles. The third kappa shape index (κ3) is 28.1. The SMILES string of the molecule is CCCCCCCCCCCCCCCCCCCCCCn1c2ccc3cc2c2cc(ccc21)C=C(C#N)C(=O)OCc1ccccc1COC(=O)C(C#N)=Cc1ccc2c(c1)c1cc(ccc1n2CCCCCCCCCCCCCCCCCCCCCC)C=C(C#N)C(=O)OCc1ccccc1COC(=O)C(C#N)=C3. The number of nitriles is 4. The minimum atomic E-state index is -0.852. The summed E-state index contributed by atoms with van der Waals surface area (Å²) in [5.41, 5.74) is 7.23. The van der Waals surface area contributed by atoms with Gasteiger partial charge in [-0.2, -0.15) is 21.0 Å². The quantitative estimate of drug-likeness (QED) is 0.0199. The second-order valence-electron chi connectivity index (χ2n) is 31.4. The standard InChI is InChI=1S/C100H122N6O8/c1-3-5-7-9-11-13-15-17-19-21-23-25-27-29-31-33-35-37-39-45-59-105-93-55-51-77-61-85(69-101)97(107)111-73-81-47-41-43-49-83(81)75-113-99(109)87(71-103)63-79-53-57-95-91(67-79)92-68-80(54-58-96(92)106(95)60-46-40-38-36-34-32-30-28-26-24-22-20-18-16-14-12-10-8-6-4-2)64-88(72-104)100(110)114-76-84-50-44-42-48-82(84)74-112-98(108)86(70-102)62-78-52-56-94(105)90(66-78)89(93)65-77/h41-44,47-58,61-68H,3-40,45-46,59-60,73-76H2,1-2H3. The fourth-order valence-electron chi connectivity index (χ4n) is 15.9. The molecular formula is C100H122N6O8. The van der Waals surface area contributed by atoms with Crippen molar-refractivity contribution in [1.82, 2.24) is 9.13 Å². The zero-order valence-electron chi connectivity index (χ0n) is 68.3. The van der Waals surface area contributed by atoms with Crippen LogP contribution in [0, 0.1) is 45.3 Å². The fourth-order valence-corrected chi connectivity index (χ4v) is 15.9. The first-order valence-electron chi connectivity index (χ1n) is 43.5. The van der Waals surface area contributed by atoms with E-state index in [0.29, 0.717) is 44.5 Å². The summed E-state index contributed by atoms with van der Waals surface area (Å²) in [7, 11) is 0. The van der Waals surface area contributed by atoms with E-state index >= 15 is 0 Å². The second kappa shape index (κ2) is 50.1. The number of unbranched alkanes of at least 4 members (excludes halogenated alkanes) is 38. The molecule has 600 valence electrons. The van der Waals surface area contributed by atoms with Gasteiger partial charge in [-0.3, -0.25) is 0 Å². The topological polar surface area (TPSA) is 210 Å². The van der Waals surface area contributed by atoms with Crippen molar-refractivity contribution >= 4 is 91.8 Å². The highest BCUT2D eigenvalue weighted by Crippen LogP contribution is 2.36. The van der Waals surface area contributed by atoms with Crippen LogP contribution in [0.5, 0.6) is 0 Å². The molecule has 0 atom stereocenters. The number of benzene rings is 6. The minimum Gasteiger partial charge on any atom is -0.457 e. The van der Waals surface area contributed by atoms with Crippen LogP contribution in [0.3, 0.4) is 0 Å². The monoisotopic (exact) mass is 1530 g/mol. The molecule has 0 radical (unpaired) electrons. The van der Waals surface area contributed by atoms with Gasteiger partial charge in [-0.1, -0.05) is 331 Å². The number of carbonyl (C=O) groups excluding carboxylic acids is 4. The Bertz CT molecular complexity index is 4200. The van der Waals surface area contributed by atoms with Crippen LogP contribution in [0.15, 0.2) is 144 Å². The van der Waals surface area contributed by atoms with Crippen molar-refractivity contribution in [2.45, 2.75) is 310 Å². The third-order valence-corrected chi connectivity index (χ3v) is 22.6. The first kappa shape index (κ1) is 87.7. The number of nitrogens with zero attached hydrogens (tertiary/aromatic N) is 6. The Hall–Kier alpha value is -10.3. The maximum atomic E-state index is 13.9. The summed E-state index contributed by atoms with van der Waals surface area (Å²) >= 11 is 0. The van der Waals surface area contributed by atoms with Crippen molar-refractivity contribution in [3.8, 4) is 24.3 Å². The molecule has 0 spiro atoms. The molecule has 0 amide bonds. The summed E-state index contributed by atoms with van der Waals surface area (Å²) < 4.78 is 27.8. The molecule has 1 aliphatic heterocycles. The molecule has 6 aromatic carbocycles. The summed E-state index contributed by atoms with van der Waals surface area (Å²) in [6, 6.07) is 45.3. The van der Waals surface area contributed by atoms with Gasteiger partial charge in [0, 0.05) is 56.7 Å². The number of fused-ring (bicyclic) bond motifs is 6. The van der Waals surface area contributed by atoms with Gasteiger partial charge in [0.2, 0.25) is 0 Å². The Kier molecular flexibility index (Phi) is 38.5. The molecule has 3 heterocycles. The van der Waals surface area contributed by atoms with Gasteiger partial charge in [0.15, 0.2) is 0 Å². The highest BCUT2D eigenvalue weighted by molar-refractivity contribution is 6.12. The summed E-state index contributed by atoms with van der Waals surface area (Å²) in [5, 5.41) is 45.3. The van der Waals surface area contributed by atoms with E-state index in [2.05, 4.69) is 23.0 Å². The number of ether oxygens (including phenoxy) is 4. The Morgan fingerprint density at radius 2 is 0.447 bits per heavy atom. The average molecular weight is 1540 g/mol. The smallest absolute Gasteiger partial charge is 0.349 e. The molecule has 9 rings (SSSR count). The lowest BCUT2D eigenvalue weighted by Gasteiger charge is -2.11.